The summed E-state index contributed by atoms with van der Waals surface area (Å²) in [5.41, 5.74) is 12.6. The van der Waals surface area contributed by atoms with Crippen molar-refractivity contribution in [2.24, 2.45) is 35.3 Å². The lowest BCUT2D eigenvalue weighted by Gasteiger charge is -2.20. The van der Waals surface area contributed by atoms with Crippen LogP contribution < -0.4 is 50.1 Å². The highest BCUT2D eigenvalue weighted by Gasteiger charge is 2.42. The van der Waals surface area contributed by atoms with Gasteiger partial charge in [0.1, 0.15) is 34.5 Å². The molecular formula is C83H90Cl7N13O12. The predicted molar refractivity (Wildman–Crippen MR) is 456 cm³/mol. The van der Waals surface area contributed by atoms with E-state index in [0.717, 1.165) is 44.4 Å². The zero-order chi connectivity index (χ0) is 84.0. The van der Waals surface area contributed by atoms with E-state index in [-0.39, 0.29) is 83.0 Å². The van der Waals surface area contributed by atoms with Crippen molar-refractivity contribution in [1.29, 1.82) is 0 Å². The first kappa shape index (κ1) is 89.1. The van der Waals surface area contributed by atoms with E-state index in [0.29, 0.717) is 162 Å². The molecule has 0 saturated heterocycles. The highest BCUT2D eigenvalue weighted by molar-refractivity contribution is 6.66. The number of ether oxygens (including phenoxy) is 6. The van der Waals surface area contributed by atoms with E-state index in [1.807, 2.05) is 54.6 Å². The van der Waals surface area contributed by atoms with Crippen LogP contribution >= 0.6 is 81.2 Å². The quantitative estimate of drug-likeness (QED) is 0.0305. The molecule has 608 valence electrons. The molecule has 0 radical (unpaired) electrons. The predicted octanol–water partition coefficient (Wildman–Crippen LogP) is 16.5. The number of ketones is 2. The average molecular weight is 1710 g/mol. The maximum atomic E-state index is 12.6. The number of nitrogens with zero attached hydrogens (tertiary/aromatic N) is 9. The second-order valence-corrected chi connectivity index (χ2v) is 30.8. The normalized spacial score (nSPS) is 18.5. The van der Waals surface area contributed by atoms with Crippen LogP contribution in [0.2, 0.25) is 30.1 Å². The fraction of sp³-hybridized carbons (Fsp3) is 0.349. The van der Waals surface area contributed by atoms with Crippen molar-refractivity contribution in [3.8, 4) is 67.9 Å². The van der Waals surface area contributed by atoms with Crippen molar-refractivity contribution in [3.63, 3.8) is 0 Å². The van der Waals surface area contributed by atoms with E-state index in [9.17, 15) is 28.8 Å². The van der Waals surface area contributed by atoms with Crippen LogP contribution in [0.15, 0.2) is 129 Å². The number of anilines is 3. The Morgan fingerprint density at radius 2 is 0.678 bits per heavy atom. The van der Waals surface area contributed by atoms with E-state index in [1.165, 1.54) is 54.8 Å². The number of aromatic nitrogens is 6. The summed E-state index contributed by atoms with van der Waals surface area (Å²) in [5.74, 6) is 3.72. The summed E-state index contributed by atoms with van der Waals surface area (Å²) in [7, 11) is 19.7. The maximum absolute atomic E-state index is 12.6. The molecule has 0 bridgehead atoms. The molecule has 0 spiro atoms. The molecule has 5 N–H and O–H groups in total. The molecule has 0 aliphatic heterocycles. The zero-order valence-corrected chi connectivity index (χ0v) is 70.8. The minimum absolute atomic E-state index is 0.0246. The third-order valence-corrected chi connectivity index (χ3v) is 22.6. The number of carbonyl (C=O) groups excluding carboxylic acids is 6. The van der Waals surface area contributed by atoms with Gasteiger partial charge in [0.25, 0.3) is 0 Å². The highest BCUT2D eigenvalue weighted by Crippen LogP contribution is 2.50. The van der Waals surface area contributed by atoms with E-state index in [2.05, 4.69) is 65.6 Å². The summed E-state index contributed by atoms with van der Waals surface area (Å²) in [6.45, 7) is 10.3. The SMILES string of the molecule is C=CC(=O)CC1C[C@@H](C(=O)N(C)C)CC1Nc1ncc2cc(-c3c(Cl)c(OC)cc(OC)c3Cl)ccc2n1.C=CC(=O)CC1C[C@H](C(=O)N(C)C)CC1Nc1ncc2cc(-c3c(Cl)c(OC)cc(OC)c3Cl)ccc2n1.C=CC(=O)Cl.COc1cc(OC)c(Cl)c(-c2ccc3nc(NC4C[C@@H](C(=O)N(C)C)CC4N)ncc3c2)c1Cl. The van der Waals surface area contributed by atoms with E-state index >= 15 is 0 Å². The Labute approximate surface area is 702 Å². The Morgan fingerprint density at radius 3 is 0.930 bits per heavy atom. The molecule has 3 aliphatic carbocycles. The van der Waals surface area contributed by atoms with Gasteiger partial charge >= 0.3 is 0 Å². The first-order chi connectivity index (χ1) is 54.8. The molecule has 115 heavy (non-hydrogen) atoms. The standard InChI is InChI=1S/2C28H30Cl2N4O4.C24H27Cl2N5O3.C3H3ClO/c2*1-6-19(35)11-16-10-17(27(36)34(2)3)12-21(16)33-28-31-14-18-9-15(7-8-20(18)32-28)24-25(29)22(37-4)13-23(38-5)26(24)30;1-31(2)23(32)13-8-15(27)17(9-13)30-24-28-11-14-7-12(5-6-16(14)29-24)20-21(25)18(33-3)10-19(34-4)22(20)26;1-2-3(4)5/h2*6-9,13-14,16-17,21H,1,10-12H2,2-5H3,(H,31,32,33);5-7,10-11,13,15,17H,8-9,27H2,1-4H3,(H,28,29,30);2H,1H2/t2*16?,17-,21?;13-,15?,17?;/m100./s1. The molecule has 9 aromatic rings. The third-order valence-electron chi connectivity index (χ3n) is 20.2. The number of allylic oxidation sites excluding steroid dienone is 3. The van der Waals surface area contributed by atoms with Crippen LogP contribution in [0.25, 0.3) is 66.1 Å². The second kappa shape index (κ2) is 40.2. The molecule has 3 amide bonds. The van der Waals surface area contributed by atoms with Gasteiger partial charge in [-0.3, -0.25) is 28.8 Å². The minimum Gasteiger partial charge on any atom is -0.495 e. The molecule has 6 unspecified atom stereocenters. The Morgan fingerprint density at radius 1 is 0.417 bits per heavy atom. The Bertz CT molecular complexity index is 4880. The lowest BCUT2D eigenvalue weighted by molar-refractivity contribution is -0.133. The van der Waals surface area contributed by atoms with Gasteiger partial charge in [-0.1, -0.05) is 108 Å². The van der Waals surface area contributed by atoms with Gasteiger partial charge in [-0.2, -0.15) is 0 Å². The number of methoxy groups -OCH3 is 6. The monoisotopic (exact) mass is 1710 g/mol. The number of amides is 3. The number of nitrogens with two attached hydrogens (primary N) is 1. The average Bonchev–Trinajstić information content (AvgIpc) is 1.44. The molecule has 3 fully saturated rings. The number of hydrogen-bond donors (Lipinski definition) is 4. The number of benzene rings is 6. The van der Waals surface area contributed by atoms with Crippen LogP contribution in [-0.4, -0.2) is 188 Å². The molecule has 9 atom stereocenters. The van der Waals surface area contributed by atoms with Gasteiger partial charge < -0.3 is 64.8 Å². The molecule has 6 aromatic carbocycles. The van der Waals surface area contributed by atoms with Gasteiger partial charge in [0.15, 0.2) is 11.6 Å². The van der Waals surface area contributed by atoms with Crippen molar-refractivity contribution in [2.45, 2.75) is 75.5 Å². The van der Waals surface area contributed by atoms with Crippen LogP contribution in [-0.2, 0) is 28.8 Å². The van der Waals surface area contributed by atoms with Crippen LogP contribution in [0, 0.1) is 29.6 Å². The molecular weight excluding hydrogens is 1620 g/mol. The summed E-state index contributed by atoms with van der Waals surface area (Å²) >= 11 is 44.2. The maximum Gasteiger partial charge on any atom is 0.244 e. The van der Waals surface area contributed by atoms with Crippen molar-refractivity contribution in [3.05, 3.63) is 159 Å². The number of carbonyl (C=O) groups is 6. The van der Waals surface area contributed by atoms with Crippen molar-refractivity contribution in [2.75, 3.05) is 101 Å². The molecule has 3 aromatic heterocycles. The van der Waals surface area contributed by atoms with Crippen LogP contribution in [0.3, 0.4) is 0 Å². The fourth-order valence-corrected chi connectivity index (χ4v) is 16.5. The molecule has 32 heteroatoms. The number of halogens is 7. The van der Waals surface area contributed by atoms with Gasteiger partial charge in [-0.05, 0) is 133 Å². The van der Waals surface area contributed by atoms with E-state index in [4.69, 9.17) is 115 Å². The zero-order valence-electron chi connectivity index (χ0n) is 65.5. The topological polar surface area (TPSA) is 307 Å². The van der Waals surface area contributed by atoms with Gasteiger partial charge in [0, 0.05) is 167 Å². The van der Waals surface area contributed by atoms with E-state index in [1.54, 1.807) is 93.8 Å². The molecule has 12 rings (SSSR count). The van der Waals surface area contributed by atoms with E-state index < -0.39 is 5.24 Å². The second-order valence-electron chi connectivity index (χ2n) is 28.2. The lowest BCUT2D eigenvalue weighted by Crippen LogP contribution is -2.35. The van der Waals surface area contributed by atoms with Gasteiger partial charge in [-0.25, -0.2) is 29.9 Å². The molecule has 3 saturated carbocycles. The third kappa shape index (κ3) is 21.3. The number of hydrogen-bond acceptors (Lipinski definition) is 22. The Hall–Kier alpha value is -9.83. The molecule has 3 aliphatic rings. The van der Waals surface area contributed by atoms with Crippen LogP contribution in [0.4, 0.5) is 17.8 Å². The summed E-state index contributed by atoms with van der Waals surface area (Å²) in [5, 5.41) is 14.2. The molecule has 25 nitrogen and oxygen atoms in total. The smallest absolute Gasteiger partial charge is 0.244 e. The Kier molecular flexibility index (Phi) is 31.1. The first-order valence-corrected chi connectivity index (χ1v) is 38.9. The van der Waals surface area contributed by atoms with Crippen molar-refractivity contribution < 1.29 is 57.2 Å². The number of nitrogens with one attached hydrogen (secondary N) is 3. The van der Waals surface area contributed by atoms with Gasteiger partial charge in [-0.15, -0.1) is 0 Å². The number of fused-ring (bicyclic) bond motifs is 3. The fourth-order valence-electron chi connectivity index (χ4n) is 14.4. The summed E-state index contributed by atoms with van der Waals surface area (Å²) in [6.07, 6.45) is 13.2. The van der Waals surface area contributed by atoms with Crippen molar-refractivity contribution in [1.82, 2.24) is 44.6 Å². The van der Waals surface area contributed by atoms with Gasteiger partial charge in [0.05, 0.1) is 89.3 Å². The summed E-state index contributed by atoms with van der Waals surface area (Å²) in [6, 6.07) is 21.4. The minimum atomic E-state index is -0.509. The Balaban J connectivity index is 0.000000192. The van der Waals surface area contributed by atoms with Crippen molar-refractivity contribution >= 4 is 166 Å². The first-order valence-electron chi connectivity index (χ1n) is 36.3. The number of rotatable bonds is 25. The largest absolute Gasteiger partial charge is 0.495 e. The van der Waals surface area contributed by atoms with Crippen LogP contribution in [0.5, 0.6) is 34.5 Å². The van der Waals surface area contributed by atoms with Crippen LogP contribution in [0.1, 0.15) is 51.4 Å². The molecule has 3 heterocycles. The lowest BCUT2D eigenvalue weighted by atomic mass is 9.96. The summed E-state index contributed by atoms with van der Waals surface area (Å²) < 4.78 is 32.3. The highest BCUT2D eigenvalue weighted by atomic mass is 35.5. The summed E-state index contributed by atoms with van der Waals surface area (Å²) in [4.78, 5) is 104. The van der Waals surface area contributed by atoms with Gasteiger partial charge in [0.2, 0.25) is 40.8 Å².